The van der Waals surface area contributed by atoms with Crippen LogP contribution in [0.3, 0.4) is 0 Å². The molecule has 0 amide bonds. The van der Waals surface area contributed by atoms with E-state index in [1.54, 1.807) is 11.3 Å². The largest absolute Gasteiger partial charge is 0.261 e. The lowest BCUT2D eigenvalue weighted by molar-refractivity contribution is 1.06. The highest BCUT2D eigenvalue weighted by molar-refractivity contribution is 7.18. The third kappa shape index (κ3) is 1.82. The van der Waals surface area contributed by atoms with E-state index in [9.17, 15) is 0 Å². The molecule has 78 valence electrons. The summed E-state index contributed by atoms with van der Waals surface area (Å²) < 4.78 is 1.24. The fourth-order valence-corrected chi connectivity index (χ4v) is 2.64. The molecule has 2 aromatic heterocycles. The van der Waals surface area contributed by atoms with E-state index in [2.05, 4.69) is 16.0 Å². The summed E-state index contributed by atoms with van der Waals surface area (Å²) in [4.78, 5) is 8.90. The van der Waals surface area contributed by atoms with Gasteiger partial charge in [0.15, 0.2) is 0 Å². The van der Waals surface area contributed by atoms with E-state index in [0.717, 1.165) is 22.6 Å². The number of rotatable bonds is 2. The van der Waals surface area contributed by atoms with Crippen LogP contribution in [0.2, 0.25) is 0 Å². The summed E-state index contributed by atoms with van der Waals surface area (Å²) in [7, 11) is 0. The third-order valence-corrected chi connectivity index (χ3v) is 3.43. The van der Waals surface area contributed by atoms with Crippen molar-refractivity contribution in [2.45, 2.75) is 6.42 Å². The molecule has 0 aliphatic carbocycles. The van der Waals surface area contributed by atoms with Gasteiger partial charge < -0.3 is 0 Å². The minimum absolute atomic E-state index is 0.820. The highest BCUT2D eigenvalue weighted by Crippen LogP contribution is 2.22. The van der Waals surface area contributed by atoms with E-state index in [4.69, 9.17) is 0 Å². The van der Waals surface area contributed by atoms with Gasteiger partial charge in [-0.1, -0.05) is 18.2 Å². The van der Waals surface area contributed by atoms with Gasteiger partial charge in [-0.25, -0.2) is 4.98 Å². The van der Waals surface area contributed by atoms with Crippen molar-refractivity contribution in [3.63, 3.8) is 0 Å². The van der Waals surface area contributed by atoms with Crippen LogP contribution in [-0.4, -0.2) is 9.97 Å². The van der Waals surface area contributed by atoms with Crippen LogP contribution in [0.4, 0.5) is 0 Å². The summed E-state index contributed by atoms with van der Waals surface area (Å²) in [6.07, 6.45) is 2.64. The van der Waals surface area contributed by atoms with Crippen molar-refractivity contribution >= 4 is 21.6 Å². The van der Waals surface area contributed by atoms with Crippen molar-refractivity contribution in [3.8, 4) is 0 Å². The van der Waals surface area contributed by atoms with Gasteiger partial charge in [0.1, 0.15) is 0 Å². The Morgan fingerprint density at radius 1 is 1.00 bits per heavy atom. The monoisotopic (exact) mass is 226 g/mol. The van der Waals surface area contributed by atoms with Crippen molar-refractivity contribution in [2.75, 3.05) is 0 Å². The van der Waals surface area contributed by atoms with Crippen molar-refractivity contribution in [3.05, 3.63) is 59.4 Å². The van der Waals surface area contributed by atoms with Crippen LogP contribution in [0.1, 0.15) is 10.7 Å². The molecular formula is C13H10N2S. The fourth-order valence-electron chi connectivity index (χ4n) is 1.65. The van der Waals surface area contributed by atoms with Crippen molar-refractivity contribution < 1.29 is 0 Å². The Labute approximate surface area is 97.6 Å². The molecule has 0 atom stereocenters. The summed E-state index contributed by atoms with van der Waals surface area (Å²) in [5, 5.41) is 1.12. The highest BCUT2D eigenvalue weighted by atomic mass is 32.1. The molecule has 16 heavy (non-hydrogen) atoms. The van der Waals surface area contributed by atoms with Gasteiger partial charge in [0, 0.05) is 18.3 Å². The Hall–Kier alpha value is -1.74. The average Bonchev–Trinajstić information content (AvgIpc) is 2.72. The molecule has 0 N–H and O–H groups in total. The van der Waals surface area contributed by atoms with E-state index in [0.29, 0.717) is 0 Å². The first-order chi connectivity index (χ1) is 7.92. The molecular weight excluding hydrogens is 216 g/mol. The standard InChI is InChI=1S/C13H10N2S/c1-2-7-12-11(6-1)15-13(16-12)9-10-5-3-4-8-14-10/h1-8H,9H2. The zero-order valence-electron chi connectivity index (χ0n) is 8.63. The molecule has 3 rings (SSSR count). The number of hydrogen-bond acceptors (Lipinski definition) is 3. The lowest BCUT2D eigenvalue weighted by Gasteiger charge is -1.94. The second-order valence-electron chi connectivity index (χ2n) is 3.57. The Morgan fingerprint density at radius 3 is 2.69 bits per heavy atom. The lowest BCUT2D eigenvalue weighted by Crippen LogP contribution is -1.89. The maximum Gasteiger partial charge on any atom is 0.0998 e. The Morgan fingerprint density at radius 2 is 1.88 bits per heavy atom. The van der Waals surface area contributed by atoms with Gasteiger partial charge in [0.2, 0.25) is 0 Å². The van der Waals surface area contributed by atoms with Crippen LogP contribution in [0, 0.1) is 0 Å². The van der Waals surface area contributed by atoms with E-state index in [1.165, 1.54) is 4.70 Å². The average molecular weight is 226 g/mol. The number of hydrogen-bond donors (Lipinski definition) is 0. The molecule has 3 aromatic rings. The smallest absolute Gasteiger partial charge is 0.0998 e. The van der Waals surface area contributed by atoms with Gasteiger partial charge in [-0.05, 0) is 24.3 Å². The molecule has 0 unspecified atom stereocenters. The number of fused-ring (bicyclic) bond motifs is 1. The van der Waals surface area contributed by atoms with Crippen LogP contribution in [0.5, 0.6) is 0 Å². The van der Waals surface area contributed by atoms with Crippen LogP contribution < -0.4 is 0 Å². The molecule has 0 saturated carbocycles. The van der Waals surface area contributed by atoms with E-state index in [1.807, 2.05) is 42.6 Å². The molecule has 3 heteroatoms. The summed E-state index contributed by atoms with van der Waals surface area (Å²) in [5.41, 5.74) is 2.15. The van der Waals surface area contributed by atoms with Gasteiger partial charge in [-0.3, -0.25) is 4.98 Å². The highest BCUT2D eigenvalue weighted by Gasteiger charge is 2.04. The Balaban J connectivity index is 1.95. The predicted octanol–water partition coefficient (Wildman–Crippen LogP) is 3.28. The first-order valence-electron chi connectivity index (χ1n) is 5.16. The van der Waals surface area contributed by atoms with Gasteiger partial charge in [-0.2, -0.15) is 0 Å². The summed E-state index contributed by atoms with van der Waals surface area (Å²) in [6.45, 7) is 0. The minimum Gasteiger partial charge on any atom is -0.261 e. The molecule has 0 saturated heterocycles. The van der Waals surface area contributed by atoms with E-state index < -0.39 is 0 Å². The lowest BCUT2D eigenvalue weighted by atomic mass is 10.3. The first-order valence-corrected chi connectivity index (χ1v) is 5.98. The quantitative estimate of drug-likeness (QED) is 0.670. The van der Waals surface area contributed by atoms with E-state index in [-0.39, 0.29) is 0 Å². The topological polar surface area (TPSA) is 25.8 Å². The second kappa shape index (κ2) is 4.02. The number of thiazole rings is 1. The zero-order valence-corrected chi connectivity index (χ0v) is 9.45. The third-order valence-electron chi connectivity index (χ3n) is 2.40. The molecule has 0 aliphatic rings. The minimum atomic E-state index is 0.820. The van der Waals surface area contributed by atoms with E-state index >= 15 is 0 Å². The predicted molar refractivity (Wildman–Crippen MR) is 66.7 cm³/mol. The second-order valence-corrected chi connectivity index (χ2v) is 4.69. The normalized spacial score (nSPS) is 10.8. The number of aromatic nitrogens is 2. The van der Waals surface area contributed by atoms with Gasteiger partial charge in [0.05, 0.1) is 15.2 Å². The Kier molecular flexibility index (Phi) is 2.38. The number of para-hydroxylation sites is 1. The zero-order chi connectivity index (χ0) is 10.8. The molecule has 0 fully saturated rings. The van der Waals surface area contributed by atoms with Crippen LogP contribution in [0.15, 0.2) is 48.7 Å². The Bertz CT molecular complexity index is 568. The van der Waals surface area contributed by atoms with Crippen molar-refractivity contribution in [1.82, 2.24) is 9.97 Å². The first kappa shape index (κ1) is 9.48. The molecule has 2 nitrogen and oxygen atoms in total. The SMILES string of the molecule is c1ccc(Cc2nc3ccccc3s2)nc1. The number of pyridine rings is 1. The van der Waals surface area contributed by atoms with Crippen molar-refractivity contribution in [1.29, 1.82) is 0 Å². The maximum absolute atomic E-state index is 4.59. The van der Waals surface area contributed by atoms with Gasteiger partial charge >= 0.3 is 0 Å². The summed E-state index contributed by atoms with van der Waals surface area (Å²) in [5.74, 6) is 0. The molecule has 0 radical (unpaired) electrons. The summed E-state index contributed by atoms with van der Waals surface area (Å²) >= 11 is 1.74. The van der Waals surface area contributed by atoms with Crippen LogP contribution in [-0.2, 0) is 6.42 Å². The van der Waals surface area contributed by atoms with Gasteiger partial charge in [0.25, 0.3) is 0 Å². The molecule has 0 aliphatic heterocycles. The fraction of sp³-hybridized carbons (Fsp3) is 0.0769. The number of nitrogens with zero attached hydrogens (tertiary/aromatic N) is 2. The van der Waals surface area contributed by atoms with Crippen molar-refractivity contribution in [2.24, 2.45) is 0 Å². The number of benzene rings is 1. The summed E-state index contributed by atoms with van der Waals surface area (Å²) in [6, 6.07) is 14.2. The van der Waals surface area contributed by atoms with Crippen LogP contribution >= 0.6 is 11.3 Å². The molecule has 1 aromatic carbocycles. The maximum atomic E-state index is 4.59. The molecule has 2 heterocycles. The van der Waals surface area contributed by atoms with Gasteiger partial charge in [-0.15, -0.1) is 11.3 Å². The van der Waals surface area contributed by atoms with Crippen LogP contribution in [0.25, 0.3) is 10.2 Å². The molecule has 0 spiro atoms. The molecule has 0 bridgehead atoms.